The van der Waals surface area contributed by atoms with Gasteiger partial charge in [0.15, 0.2) is 0 Å². The van der Waals surface area contributed by atoms with Gasteiger partial charge < -0.3 is 14.9 Å². The summed E-state index contributed by atoms with van der Waals surface area (Å²) in [5.74, 6) is 1.06. The number of benzene rings is 1. The fourth-order valence-electron chi connectivity index (χ4n) is 4.40. The molecule has 3 heterocycles. The van der Waals surface area contributed by atoms with Gasteiger partial charge in [-0.2, -0.15) is 0 Å². The largest absolute Gasteiger partial charge is 0.387 e. The van der Waals surface area contributed by atoms with Crippen molar-refractivity contribution in [2.75, 3.05) is 49.1 Å². The minimum atomic E-state index is -0.540. The minimum absolute atomic E-state index is 0.155. The molecule has 2 aliphatic heterocycles. The van der Waals surface area contributed by atoms with Gasteiger partial charge in [-0.3, -0.25) is 14.7 Å². The van der Waals surface area contributed by atoms with Gasteiger partial charge in [0.2, 0.25) is 5.91 Å². The van der Waals surface area contributed by atoms with Crippen LogP contribution < -0.4 is 9.80 Å². The van der Waals surface area contributed by atoms with Crippen molar-refractivity contribution >= 4 is 17.4 Å². The maximum atomic E-state index is 12.9. The van der Waals surface area contributed by atoms with Crippen molar-refractivity contribution in [1.82, 2.24) is 14.9 Å². The number of hydrogen-bond acceptors (Lipinski definition) is 6. The van der Waals surface area contributed by atoms with Crippen molar-refractivity contribution in [3.05, 3.63) is 47.9 Å². The molecule has 1 amide bonds. The Morgan fingerprint density at radius 3 is 2.58 bits per heavy atom. The summed E-state index contributed by atoms with van der Waals surface area (Å²) in [7, 11) is 0. The van der Waals surface area contributed by atoms with E-state index in [0.29, 0.717) is 6.54 Å². The highest BCUT2D eigenvalue weighted by atomic mass is 16.3. The predicted molar refractivity (Wildman–Crippen MR) is 122 cm³/mol. The molecule has 0 radical (unpaired) electrons. The lowest BCUT2D eigenvalue weighted by atomic mass is 9.91. The molecule has 1 atom stereocenters. The molecule has 1 saturated heterocycles. The van der Waals surface area contributed by atoms with Gasteiger partial charge in [0.05, 0.1) is 12.3 Å². The van der Waals surface area contributed by atoms with E-state index in [-0.39, 0.29) is 5.91 Å². The fraction of sp³-hybridized carbons (Fsp3) is 0.542. The van der Waals surface area contributed by atoms with Crippen molar-refractivity contribution < 1.29 is 9.90 Å². The standard InChI is InChI=1S/C24H33N5O2/c1-24(2,3)23(31)29-10-4-5-18-15-19(6-7-20(18)29)21(30)17-27-11-13-28(14-12-27)22-16-25-8-9-26-22/h6-9,15-16,21,30H,4-5,10-14,17H2,1-3H3/t21-/m1/s1. The Balaban J connectivity index is 1.39. The van der Waals surface area contributed by atoms with Crippen LogP contribution in [0, 0.1) is 5.41 Å². The van der Waals surface area contributed by atoms with E-state index in [1.54, 1.807) is 18.6 Å². The van der Waals surface area contributed by atoms with Crippen molar-refractivity contribution in [1.29, 1.82) is 0 Å². The number of aromatic nitrogens is 2. The fourth-order valence-corrected chi connectivity index (χ4v) is 4.40. The molecule has 7 nitrogen and oxygen atoms in total. The van der Waals surface area contributed by atoms with Crippen LogP contribution in [0.4, 0.5) is 11.5 Å². The molecule has 0 aliphatic carbocycles. The highest BCUT2D eigenvalue weighted by molar-refractivity contribution is 5.98. The van der Waals surface area contributed by atoms with Gasteiger partial charge >= 0.3 is 0 Å². The third-order valence-electron chi connectivity index (χ3n) is 6.17. The van der Waals surface area contributed by atoms with Crippen molar-refractivity contribution in [3.8, 4) is 0 Å². The number of hydrogen-bond donors (Lipinski definition) is 1. The normalized spacial score (nSPS) is 18.6. The van der Waals surface area contributed by atoms with Gasteiger partial charge in [0.1, 0.15) is 5.82 Å². The Labute approximate surface area is 184 Å². The second-order valence-corrected chi connectivity index (χ2v) is 9.57. The molecule has 0 unspecified atom stereocenters. The molecule has 166 valence electrons. The first kappa shape index (κ1) is 21.7. The summed E-state index contributed by atoms with van der Waals surface area (Å²) in [5, 5.41) is 10.9. The number of anilines is 2. The quantitative estimate of drug-likeness (QED) is 0.815. The molecule has 0 saturated carbocycles. The van der Waals surface area contributed by atoms with Gasteiger partial charge in [-0.25, -0.2) is 4.98 Å². The van der Waals surface area contributed by atoms with Gasteiger partial charge in [-0.15, -0.1) is 0 Å². The number of aliphatic hydroxyl groups excluding tert-OH is 1. The maximum absolute atomic E-state index is 12.9. The summed E-state index contributed by atoms with van der Waals surface area (Å²) in [6, 6.07) is 6.09. The summed E-state index contributed by atoms with van der Waals surface area (Å²) in [6.45, 7) is 10.8. The number of fused-ring (bicyclic) bond motifs is 1. The van der Waals surface area contributed by atoms with Gasteiger partial charge in [0, 0.05) is 62.8 Å². The van der Waals surface area contributed by atoms with Crippen LogP contribution in [0.5, 0.6) is 0 Å². The molecule has 0 spiro atoms. The van der Waals surface area contributed by atoms with Gasteiger partial charge in [-0.1, -0.05) is 32.9 Å². The lowest BCUT2D eigenvalue weighted by Crippen LogP contribution is -2.47. The van der Waals surface area contributed by atoms with E-state index in [1.807, 2.05) is 37.8 Å². The molecule has 1 aromatic carbocycles. The number of aryl methyl sites for hydroxylation is 1. The molecule has 31 heavy (non-hydrogen) atoms. The number of carbonyl (C=O) groups excluding carboxylic acids is 1. The average Bonchev–Trinajstić information content (AvgIpc) is 2.78. The van der Waals surface area contributed by atoms with E-state index in [9.17, 15) is 9.90 Å². The number of carbonyl (C=O) groups is 1. The van der Waals surface area contributed by atoms with Crippen LogP contribution in [0.2, 0.25) is 0 Å². The van der Waals surface area contributed by atoms with Gasteiger partial charge in [0.25, 0.3) is 0 Å². The highest BCUT2D eigenvalue weighted by Gasteiger charge is 2.31. The summed E-state index contributed by atoms with van der Waals surface area (Å²) >= 11 is 0. The third-order valence-corrected chi connectivity index (χ3v) is 6.17. The number of aliphatic hydroxyl groups is 1. The van der Waals surface area contributed by atoms with E-state index in [2.05, 4.69) is 25.8 Å². The highest BCUT2D eigenvalue weighted by Crippen LogP contribution is 2.33. The van der Waals surface area contributed by atoms with E-state index >= 15 is 0 Å². The smallest absolute Gasteiger partial charge is 0.232 e. The summed E-state index contributed by atoms with van der Waals surface area (Å²) in [4.78, 5) is 27.8. The van der Waals surface area contributed by atoms with Crippen molar-refractivity contribution in [3.63, 3.8) is 0 Å². The van der Waals surface area contributed by atoms with E-state index in [1.165, 1.54) is 0 Å². The second kappa shape index (κ2) is 8.93. The zero-order valence-electron chi connectivity index (χ0n) is 18.8. The third kappa shape index (κ3) is 4.88. The monoisotopic (exact) mass is 423 g/mol. The second-order valence-electron chi connectivity index (χ2n) is 9.57. The first-order valence-electron chi connectivity index (χ1n) is 11.2. The minimum Gasteiger partial charge on any atom is -0.387 e. The van der Waals surface area contributed by atoms with Crippen LogP contribution >= 0.6 is 0 Å². The Kier molecular flexibility index (Phi) is 6.25. The number of piperazine rings is 1. The van der Waals surface area contributed by atoms with Crippen molar-refractivity contribution in [2.24, 2.45) is 5.41 Å². The molecule has 0 bridgehead atoms. The Hall–Kier alpha value is -2.51. The van der Waals surface area contributed by atoms with Gasteiger partial charge in [-0.05, 0) is 30.0 Å². The number of nitrogens with zero attached hydrogens (tertiary/aromatic N) is 5. The average molecular weight is 424 g/mol. The zero-order valence-corrected chi connectivity index (χ0v) is 18.8. The van der Waals surface area contributed by atoms with Crippen LogP contribution in [0.3, 0.4) is 0 Å². The molecule has 1 N–H and O–H groups in total. The Morgan fingerprint density at radius 2 is 1.90 bits per heavy atom. The van der Waals surface area contributed by atoms with Crippen LogP contribution in [0.25, 0.3) is 0 Å². The van der Waals surface area contributed by atoms with E-state index in [0.717, 1.165) is 68.2 Å². The topological polar surface area (TPSA) is 72.8 Å². The molecule has 2 aliphatic rings. The zero-order chi connectivity index (χ0) is 22.0. The molecule has 2 aromatic rings. The Morgan fingerprint density at radius 1 is 1.13 bits per heavy atom. The van der Waals surface area contributed by atoms with E-state index < -0.39 is 11.5 Å². The summed E-state index contributed by atoms with van der Waals surface area (Å²) in [6.07, 6.45) is 6.57. The summed E-state index contributed by atoms with van der Waals surface area (Å²) < 4.78 is 0. The van der Waals surface area contributed by atoms with Crippen LogP contribution in [0.15, 0.2) is 36.8 Å². The SMILES string of the molecule is CC(C)(C)C(=O)N1CCCc2cc([C@H](O)CN3CCN(c4cnccn4)CC3)ccc21. The van der Waals surface area contributed by atoms with E-state index in [4.69, 9.17) is 0 Å². The lowest BCUT2D eigenvalue weighted by Gasteiger charge is -2.36. The van der Waals surface area contributed by atoms with Crippen LogP contribution in [-0.4, -0.2) is 65.2 Å². The number of amides is 1. The maximum Gasteiger partial charge on any atom is 0.232 e. The molecule has 7 heteroatoms. The van der Waals surface area contributed by atoms with Crippen LogP contribution in [-0.2, 0) is 11.2 Å². The first-order chi connectivity index (χ1) is 14.8. The molecule has 1 aromatic heterocycles. The predicted octanol–water partition coefficient (Wildman–Crippen LogP) is 2.66. The molecule has 4 rings (SSSR count). The van der Waals surface area contributed by atoms with Crippen LogP contribution in [0.1, 0.15) is 44.4 Å². The lowest BCUT2D eigenvalue weighted by molar-refractivity contribution is -0.125. The number of rotatable bonds is 4. The van der Waals surface area contributed by atoms with Crippen molar-refractivity contribution in [2.45, 2.75) is 39.7 Å². The Bertz CT molecular complexity index is 904. The molecular weight excluding hydrogens is 390 g/mol. The molecule has 1 fully saturated rings. The first-order valence-corrected chi connectivity index (χ1v) is 11.2. The summed E-state index contributed by atoms with van der Waals surface area (Å²) in [5.41, 5.74) is 2.69. The molecular formula is C24H33N5O2. The number of β-amino-alcohol motifs (C(OH)–C–C–N with tert-alkyl or cyclic N) is 1.